The number of amides is 1. The smallest absolute Gasteiger partial charge is 0.253 e. The third-order valence-corrected chi connectivity index (χ3v) is 6.18. The molecule has 2 aromatic heterocycles. The third-order valence-electron chi connectivity index (χ3n) is 5.28. The standard InChI is InChI=1S/C19H25N5OS/c1-2-15-13-26-18(22-15)11-21-19(25)14-5-6-17(20-10-14)24-9-8-23-7-3-4-16(23)12-24/h5-6,10,13,16H,2-4,7-9,11-12H2,1H3,(H,21,25). The van der Waals surface area contributed by atoms with Gasteiger partial charge in [-0.25, -0.2) is 9.97 Å². The first-order chi connectivity index (χ1) is 12.7. The van der Waals surface area contributed by atoms with E-state index in [1.165, 1.54) is 19.4 Å². The van der Waals surface area contributed by atoms with Gasteiger partial charge in [0.05, 0.1) is 17.8 Å². The topological polar surface area (TPSA) is 61.4 Å². The largest absolute Gasteiger partial charge is 0.354 e. The van der Waals surface area contributed by atoms with E-state index in [9.17, 15) is 4.79 Å². The second-order valence-electron chi connectivity index (χ2n) is 6.95. The molecule has 0 aliphatic carbocycles. The van der Waals surface area contributed by atoms with Gasteiger partial charge in [0, 0.05) is 37.3 Å². The predicted octanol–water partition coefficient (Wildman–Crippen LogP) is 2.31. The van der Waals surface area contributed by atoms with Gasteiger partial charge < -0.3 is 10.2 Å². The van der Waals surface area contributed by atoms with Crippen molar-refractivity contribution in [3.05, 3.63) is 40.0 Å². The molecular formula is C19H25N5OS. The van der Waals surface area contributed by atoms with E-state index in [0.717, 1.165) is 42.6 Å². The molecule has 6 nitrogen and oxygen atoms in total. The molecule has 1 atom stereocenters. The Labute approximate surface area is 158 Å². The number of anilines is 1. The second kappa shape index (κ2) is 7.72. The van der Waals surface area contributed by atoms with Crippen LogP contribution in [-0.4, -0.2) is 53.0 Å². The lowest BCUT2D eigenvalue weighted by Gasteiger charge is -2.38. The number of carbonyl (C=O) groups excluding carboxylic acids is 1. The first-order valence-electron chi connectivity index (χ1n) is 9.39. The molecule has 2 aliphatic heterocycles. The van der Waals surface area contributed by atoms with Crippen molar-refractivity contribution < 1.29 is 4.79 Å². The minimum absolute atomic E-state index is 0.0992. The summed E-state index contributed by atoms with van der Waals surface area (Å²) in [6, 6.07) is 4.51. The van der Waals surface area contributed by atoms with Crippen LogP contribution in [0.1, 0.15) is 40.8 Å². The minimum atomic E-state index is -0.0992. The van der Waals surface area contributed by atoms with Gasteiger partial charge >= 0.3 is 0 Å². The Balaban J connectivity index is 1.34. The van der Waals surface area contributed by atoms with Crippen LogP contribution in [0.25, 0.3) is 0 Å². The Kier molecular flexibility index (Phi) is 5.17. The molecule has 0 radical (unpaired) electrons. The number of piperazine rings is 1. The van der Waals surface area contributed by atoms with Crippen LogP contribution in [0.2, 0.25) is 0 Å². The summed E-state index contributed by atoms with van der Waals surface area (Å²) in [5.74, 6) is 0.874. The molecule has 2 aromatic rings. The van der Waals surface area contributed by atoms with Gasteiger partial charge in [-0.15, -0.1) is 11.3 Å². The van der Waals surface area contributed by atoms with Crippen LogP contribution in [0.15, 0.2) is 23.7 Å². The molecule has 1 amide bonds. The van der Waals surface area contributed by atoms with Crippen molar-refractivity contribution in [3.63, 3.8) is 0 Å². The first kappa shape index (κ1) is 17.4. The molecule has 26 heavy (non-hydrogen) atoms. The Morgan fingerprint density at radius 3 is 3.04 bits per heavy atom. The summed E-state index contributed by atoms with van der Waals surface area (Å²) in [7, 11) is 0. The summed E-state index contributed by atoms with van der Waals surface area (Å²) in [5.41, 5.74) is 1.67. The number of nitrogens with one attached hydrogen (secondary N) is 1. The molecular weight excluding hydrogens is 346 g/mol. The molecule has 2 aliphatic rings. The SMILES string of the molecule is CCc1csc(CNC(=O)c2ccc(N3CCN4CCCC4C3)nc2)n1. The van der Waals surface area contributed by atoms with Crippen LogP contribution >= 0.6 is 11.3 Å². The number of hydrogen-bond acceptors (Lipinski definition) is 6. The van der Waals surface area contributed by atoms with Crippen molar-refractivity contribution in [3.8, 4) is 0 Å². The van der Waals surface area contributed by atoms with E-state index in [1.54, 1.807) is 17.5 Å². The van der Waals surface area contributed by atoms with E-state index in [4.69, 9.17) is 0 Å². The van der Waals surface area contributed by atoms with Gasteiger partial charge in [-0.2, -0.15) is 0 Å². The van der Waals surface area contributed by atoms with Crippen LogP contribution in [0.4, 0.5) is 5.82 Å². The average Bonchev–Trinajstić information content (AvgIpc) is 3.34. The van der Waals surface area contributed by atoms with Gasteiger partial charge in [-0.05, 0) is 37.9 Å². The van der Waals surface area contributed by atoms with Crippen LogP contribution in [0, 0.1) is 0 Å². The summed E-state index contributed by atoms with van der Waals surface area (Å²) >= 11 is 1.59. The second-order valence-corrected chi connectivity index (χ2v) is 7.89. The highest BCUT2D eigenvalue weighted by atomic mass is 32.1. The number of hydrogen-bond donors (Lipinski definition) is 1. The molecule has 0 spiro atoms. The molecule has 4 rings (SSSR count). The number of fused-ring (bicyclic) bond motifs is 1. The van der Waals surface area contributed by atoms with Crippen molar-refractivity contribution in [1.82, 2.24) is 20.2 Å². The zero-order valence-electron chi connectivity index (χ0n) is 15.1. The van der Waals surface area contributed by atoms with Crippen LogP contribution < -0.4 is 10.2 Å². The summed E-state index contributed by atoms with van der Waals surface area (Å²) < 4.78 is 0. The van der Waals surface area contributed by atoms with Crippen molar-refractivity contribution in [2.45, 2.75) is 38.8 Å². The Morgan fingerprint density at radius 1 is 1.35 bits per heavy atom. The molecule has 0 aromatic carbocycles. The molecule has 7 heteroatoms. The van der Waals surface area contributed by atoms with Crippen molar-refractivity contribution in [1.29, 1.82) is 0 Å². The molecule has 0 bridgehead atoms. The number of rotatable bonds is 5. The van der Waals surface area contributed by atoms with Gasteiger partial charge in [0.15, 0.2) is 0 Å². The molecule has 0 saturated carbocycles. The third kappa shape index (κ3) is 3.73. The Bertz CT molecular complexity index is 760. The number of aromatic nitrogens is 2. The summed E-state index contributed by atoms with van der Waals surface area (Å²) in [4.78, 5) is 26.3. The van der Waals surface area contributed by atoms with Crippen molar-refractivity contribution >= 4 is 23.1 Å². The Hall–Kier alpha value is -1.99. The highest BCUT2D eigenvalue weighted by Gasteiger charge is 2.30. The maximum atomic E-state index is 12.3. The maximum absolute atomic E-state index is 12.3. The molecule has 138 valence electrons. The molecule has 2 fully saturated rings. The molecule has 1 unspecified atom stereocenters. The monoisotopic (exact) mass is 371 g/mol. The van der Waals surface area contributed by atoms with Gasteiger partial charge in [0.25, 0.3) is 5.91 Å². The number of thiazole rings is 1. The summed E-state index contributed by atoms with van der Waals surface area (Å²) in [6.07, 6.45) is 5.20. The van der Waals surface area contributed by atoms with E-state index < -0.39 is 0 Å². The minimum Gasteiger partial charge on any atom is -0.354 e. The van der Waals surface area contributed by atoms with Crippen LogP contribution in [0.3, 0.4) is 0 Å². The highest BCUT2D eigenvalue weighted by Crippen LogP contribution is 2.24. The van der Waals surface area contributed by atoms with Crippen molar-refractivity contribution in [2.75, 3.05) is 31.1 Å². The lowest BCUT2D eigenvalue weighted by Crippen LogP contribution is -2.50. The normalized spacial score (nSPS) is 20.2. The van der Waals surface area contributed by atoms with Crippen LogP contribution in [-0.2, 0) is 13.0 Å². The molecule has 1 N–H and O–H groups in total. The number of aryl methyl sites for hydroxylation is 1. The lowest BCUT2D eigenvalue weighted by molar-refractivity contribution is 0.0950. The predicted molar refractivity (Wildman–Crippen MR) is 104 cm³/mol. The summed E-state index contributed by atoms with van der Waals surface area (Å²) in [6.45, 7) is 6.96. The van der Waals surface area contributed by atoms with E-state index in [1.807, 2.05) is 17.5 Å². The van der Waals surface area contributed by atoms with Gasteiger partial charge in [0.1, 0.15) is 10.8 Å². The zero-order chi connectivity index (χ0) is 17.9. The van der Waals surface area contributed by atoms with Gasteiger partial charge in [-0.3, -0.25) is 9.69 Å². The number of carbonyl (C=O) groups is 1. The van der Waals surface area contributed by atoms with Gasteiger partial charge in [-0.1, -0.05) is 6.92 Å². The first-order valence-corrected chi connectivity index (χ1v) is 10.3. The maximum Gasteiger partial charge on any atom is 0.253 e. The quantitative estimate of drug-likeness (QED) is 0.874. The average molecular weight is 372 g/mol. The Morgan fingerprint density at radius 2 is 2.27 bits per heavy atom. The number of nitrogens with zero attached hydrogens (tertiary/aromatic N) is 4. The fourth-order valence-corrected chi connectivity index (χ4v) is 4.57. The van der Waals surface area contributed by atoms with E-state index in [0.29, 0.717) is 18.2 Å². The van der Waals surface area contributed by atoms with E-state index in [2.05, 4.69) is 32.0 Å². The van der Waals surface area contributed by atoms with E-state index in [-0.39, 0.29) is 5.91 Å². The fourth-order valence-electron chi connectivity index (χ4n) is 3.76. The fraction of sp³-hybridized carbons (Fsp3) is 0.526. The molecule has 2 saturated heterocycles. The molecule has 4 heterocycles. The van der Waals surface area contributed by atoms with Gasteiger partial charge in [0.2, 0.25) is 0 Å². The number of pyridine rings is 1. The van der Waals surface area contributed by atoms with E-state index >= 15 is 0 Å². The van der Waals surface area contributed by atoms with Crippen LogP contribution in [0.5, 0.6) is 0 Å². The highest BCUT2D eigenvalue weighted by molar-refractivity contribution is 7.09. The van der Waals surface area contributed by atoms with Crippen molar-refractivity contribution in [2.24, 2.45) is 0 Å². The lowest BCUT2D eigenvalue weighted by atomic mass is 10.1. The summed E-state index contributed by atoms with van der Waals surface area (Å²) in [5, 5.41) is 5.91. The zero-order valence-corrected chi connectivity index (χ0v) is 16.0.